The fourth-order valence-electron chi connectivity index (χ4n) is 2.69. The molecule has 0 radical (unpaired) electrons. The van der Waals surface area contributed by atoms with E-state index in [1.54, 1.807) is 5.57 Å². The molecular formula is C12H20O. The summed E-state index contributed by atoms with van der Waals surface area (Å²) in [5.74, 6) is 0.582. The van der Waals surface area contributed by atoms with Crippen molar-refractivity contribution >= 4 is 0 Å². The summed E-state index contributed by atoms with van der Waals surface area (Å²) < 4.78 is 0. The van der Waals surface area contributed by atoms with E-state index in [-0.39, 0.29) is 6.10 Å². The molecule has 0 aromatic carbocycles. The molecule has 0 aromatic heterocycles. The van der Waals surface area contributed by atoms with E-state index in [2.05, 4.69) is 6.08 Å². The molecular weight excluding hydrogens is 160 g/mol. The SMILES string of the molecule is O[C@@H]1CCCC[C@H]1CC1=CCCC1. The average molecular weight is 180 g/mol. The summed E-state index contributed by atoms with van der Waals surface area (Å²) in [7, 11) is 0. The van der Waals surface area contributed by atoms with Gasteiger partial charge in [0.25, 0.3) is 0 Å². The first-order valence-electron chi connectivity index (χ1n) is 5.72. The summed E-state index contributed by atoms with van der Waals surface area (Å²) in [6.07, 6.45) is 12.3. The average Bonchev–Trinajstić information content (AvgIpc) is 2.61. The topological polar surface area (TPSA) is 20.2 Å². The van der Waals surface area contributed by atoms with Gasteiger partial charge >= 0.3 is 0 Å². The normalized spacial score (nSPS) is 34.7. The molecule has 1 N–H and O–H groups in total. The first-order chi connectivity index (χ1) is 6.36. The van der Waals surface area contributed by atoms with Gasteiger partial charge < -0.3 is 5.11 Å². The predicted molar refractivity (Wildman–Crippen MR) is 54.5 cm³/mol. The first kappa shape index (κ1) is 9.26. The van der Waals surface area contributed by atoms with Crippen LogP contribution in [0, 0.1) is 5.92 Å². The molecule has 2 rings (SSSR count). The lowest BCUT2D eigenvalue weighted by atomic mass is 9.82. The molecule has 0 aromatic rings. The highest BCUT2D eigenvalue weighted by Crippen LogP contribution is 2.32. The minimum Gasteiger partial charge on any atom is -0.393 e. The molecule has 0 spiro atoms. The molecule has 1 heteroatoms. The third kappa shape index (κ3) is 2.34. The Kier molecular flexibility index (Phi) is 3.05. The molecule has 2 aliphatic carbocycles. The maximum absolute atomic E-state index is 9.80. The van der Waals surface area contributed by atoms with Gasteiger partial charge in [0.1, 0.15) is 0 Å². The van der Waals surface area contributed by atoms with Crippen LogP contribution in [0.25, 0.3) is 0 Å². The molecule has 13 heavy (non-hydrogen) atoms. The molecule has 0 heterocycles. The van der Waals surface area contributed by atoms with Crippen molar-refractivity contribution in [3.8, 4) is 0 Å². The van der Waals surface area contributed by atoms with Crippen LogP contribution < -0.4 is 0 Å². The van der Waals surface area contributed by atoms with Gasteiger partial charge in [0.05, 0.1) is 6.10 Å². The second kappa shape index (κ2) is 4.28. The van der Waals surface area contributed by atoms with E-state index in [1.165, 1.54) is 44.9 Å². The van der Waals surface area contributed by atoms with Crippen LogP contribution in [-0.4, -0.2) is 11.2 Å². The van der Waals surface area contributed by atoms with E-state index in [1.807, 2.05) is 0 Å². The number of hydrogen-bond donors (Lipinski definition) is 1. The molecule has 74 valence electrons. The number of rotatable bonds is 2. The summed E-state index contributed by atoms with van der Waals surface area (Å²) in [6, 6.07) is 0. The van der Waals surface area contributed by atoms with E-state index in [9.17, 15) is 5.11 Å². The zero-order chi connectivity index (χ0) is 9.10. The number of hydrogen-bond acceptors (Lipinski definition) is 1. The summed E-state index contributed by atoms with van der Waals surface area (Å²) in [4.78, 5) is 0. The van der Waals surface area contributed by atoms with Gasteiger partial charge in [0, 0.05) is 0 Å². The summed E-state index contributed by atoms with van der Waals surface area (Å²) in [6.45, 7) is 0. The van der Waals surface area contributed by atoms with Crippen molar-refractivity contribution in [3.05, 3.63) is 11.6 Å². The second-order valence-corrected chi connectivity index (χ2v) is 4.57. The van der Waals surface area contributed by atoms with Crippen molar-refractivity contribution < 1.29 is 5.11 Å². The van der Waals surface area contributed by atoms with Crippen molar-refractivity contribution in [2.45, 2.75) is 57.5 Å². The lowest BCUT2D eigenvalue weighted by molar-refractivity contribution is 0.0697. The Bertz CT molecular complexity index is 195. The Hall–Kier alpha value is -0.300. The third-order valence-electron chi connectivity index (χ3n) is 3.53. The quantitative estimate of drug-likeness (QED) is 0.648. The molecule has 0 bridgehead atoms. The van der Waals surface area contributed by atoms with Gasteiger partial charge in [-0.25, -0.2) is 0 Å². The van der Waals surface area contributed by atoms with E-state index in [0.717, 1.165) is 6.42 Å². The minimum atomic E-state index is -0.00440. The Morgan fingerprint density at radius 1 is 1.23 bits per heavy atom. The van der Waals surface area contributed by atoms with E-state index in [4.69, 9.17) is 0 Å². The van der Waals surface area contributed by atoms with Crippen LogP contribution in [0.2, 0.25) is 0 Å². The zero-order valence-corrected chi connectivity index (χ0v) is 8.34. The van der Waals surface area contributed by atoms with Gasteiger partial charge in [-0.15, -0.1) is 0 Å². The molecule has 1 nitrogen and oxygen atoms in total. The smallest absolute Gasteiger partial charge is 0.0571 e. The highest BCUT2D eigenvalue weighted by molar-refractivity contribution is 5.08. The maximum atomic E-state index is 9.80. The Morgan fingerprint density at radius 2 is 2.08 bits per heavy atom. The van der Waals surface area contributed by atoms with Crippen molar-refractivity contribution in [1.82, 2.24) is 0 Å². The molecule has 2 atom stereocenters. The number of aliphatic hydroxyl groups excluding tert-OH is 1. The zero-order valence-electron chi connectivity index (χ0n) is 8.34. The van der Waals surface area contributed by atoms with Crippen LogP contribution in [0.5, 0.6) is 0 Å². The van der Waals surface area contributed by atoms with Gasteiger partial charge in [-0.1, -0.05) is 24.5 Å². The maximum Gasteiger partial charge on any atom is 0.0571 e. The van der Waals surface area contributed by atoms with Crippen molar-refractivity contribution in [2.75, 3.05) is 0 Å². The fourth-order valence-corrected chi connectivity index (χ4v) is 2.69. The lowest BCUT2D eigenvalue weighted by Gasteiger charge is -2.27. The molecule has 1 fully saturated rings. The van der Waals surface area contributed by atoms with Crippen LogP contribution in [0.1, 0.15) is 51.4 Å². The molecule has 0 aliphatic heterocycles. The van der Waals surface area contributed by atoms with Gasteiger partial charge in [0.15, 0.2) is 0 Å². The van der Waals surface area contributed by atoms with Gasteiger partial charge in [-0.3, -0.25) is 0 Å². The van der Waals surface area contributed by atoms with Crippen LogP contribution in [0.4, 0.5) is 0 Å². The monoisotopic (exact) mass is 180 g/mol. The standard InChI is InChI=1S/C12H20O/c13-12-8-4-3-7-11(12)9-10-5-1-2-6-10/h5,11-13H,1-4,6-9H2/t11-,12+/m0/s1. The second-order valence-electron chi connectivity index (χ2n) is 4.57. The third-order valence-corrected chi connectivity index (χ3v) is 3.53. The van der Waals surface area contributed by atoms with Crippen molar-refractivity contribution in [1.29, 1.82) is 0 Å². The predicted octanol–water partition coefficient (Wildman–Crippen LogP) is 3.04. The van der Waals surface area contributed by atoms with Crippen molar-refractivity contribution in [2.24, 2.45) is 5.92 Å². The Balaban J connectivity index is 1.85. The molecule has 0 saturated heterocycles. The highest BCUT2D eigenvalue weighted by atomic mass is 16.3. The summed E-state index contributed by atoms with van der Waals surface area (Å²) >= 11 is 0. The Morgan fingerprint density at radius 3 is 2.77 bits per heavy atom. The highest BCUT2D eigenvalue weighted by Gasteiger charge is 2.24. The summed E-state index contributed by atoms with van der Waals surface area (Å²) in [5, 5.41) is 9.80. The van der Waals surface area contributed by atoms with Gasteiger partial charge in [0.2, 0.25) is 0 Å². The van der Waals surface area contributed by atoms with Gasteiger partial charge in [-0.2, -0.15) is 0 Å². The van der Waals surface area contributed by atoms with E-state index < -0.39 is 0 Å². The Labute approximate surface area is 80.8 Å². The minimum absolute atomic E-state index is 0.00440. The van der Waals surface area contributed by atoms with Crippen LogP contribution in [0.15, 0.2) is 11.6 Å². The largest absolute Gasteiger partial charge is 0.393 e. The van der Waals surface area contributed by atoms with Gasteiger partial charge in [-0.05, 0) is 44.4 Å². The molecule has 0 unspecified atom stereocenters. The van der Waals surface area contributed by atoms with Crippen LogP contribution in [-0.2, 0) is 0 Å². The van der Waals surface area contributed by atoms with Crippen LogP contribution in [0.3, 0.4) is 0 Å². The molecule has 2 aliphatic rings. The first-order valence-corrected chi connectivity index (χ1v) is 5.72. The fraction of sp³-hybridized carbons (Fsp3) is 0.833. The van der Waals surface area contributed by atoms with Crippen molar-refractivity contribution in [3.63, 3.8) is 0 Å². The number of aliphatic hydroxyl groups is 1. The van der Waals surface area contributed by atoms with Crippen LogP contribution >= 0.6 is 0 Å². The van der Waals surface area contributed by atoms with E-state index in [0.29, 0.717) is 5.92 Å². The number of allylic oxidation sites excluding steroid dienone is 2. The lowest BCUT2D eigenvalue weighted by Crippen LogP contribution is -2.24. The van der Waals surface area contributed by atoms with E-state index >= 15 is 0 Å². The molecule has 1 saturated carbocycles. The molecule has 0 amide bonds. The summed E-state index contributed by atoms with van der Waals surface area (Å²) in [5.41, 5.74) is 1.62.